The predicted octanol–water partition coefficient (Wildman–Crippen LogP) is 4.56. The highest BCUT2D eigenvalue weighted by molar-refractivity contribution is 9.10. The molecule has 30 heavy (non-hydrogen) atoms. The Morgan fingerprint density at radius 2 is 1.63 bits per heavy atom. The van der Waals surface area contributed by atoms with Crippen molar-refractivity contribution < 1.29 is 19.1 Å². The van der Waals surface area contributed by atoms with Crippen LogP contribution in [0.3, 0.4) is 0 Å². The third-order valence-corrected chi connectivity index (χ3v) is 4.83. The zero-order valence-corrected chi connectivity index (χ0v) is 17.7. The van der Waals surface area contributed by atoms with Gasteiger partial charge in [-0.3, -0.25) is 14.4 Å². The molecule has 6 nitrogen and oxygen atoms in total. The Balaban J connectivity index is 1.57. The number of halogens is 1. The maximum Gasteiger partial charge on any atom is 0.308 e. The van der Waals surface area contributed by atoms with Gasteiger partial charge in [0.1, 0.15) is 5.75 Å². The van der Waals surface area contributed by atoms with Gasteiger partial charge >= 0.3 is 5.97 Å². The summed E-state index contributed by atoms with van der Waals surface area (Å²) in [5.74, 6) is -0.619. The van der Waals surface area contributed by atoms with Gasteiger partial charge in [-0.2, -0.15) is 0 Å². The van der Waals surface area contributed by atoms with E-state index >= 15 is 0 Å². The van der Waals surface area contributed by atoms with Gasteiger partial charge in [0.25, 0.3) is 11.8 Å². The van der Waals surface area contributed by atoms with Crippen molar-refractivity contribution in [2.45, 2.75) is 13.5 Å². The second-order valence-corrected chi connectivity index (χ2v) is 7.29. The number of rotatable bonds is 6. The third kappa shape index (κ3) is 5.78. The van der Waals surface area contributed by atoms with Crippen molar-refractivity contribution in [3.05, 3.63) is 94.0 Å². The van der Waals surface area contributed by atoms with Crippen LogP contribution in [0.5, 0.6) is 5.75 Å². The summed E-state index contributed by atoms with van der Waals surface area (Å²) < 4.78 is 5.72. The number of amides is 2. The number of hydrogen-bond acceptors (Lipinski definition) is 4. The van der Waals surface area contributed by atoms with Crippen LogP contribution in [-0.4, -0.2) is 17.8 Å². The maximum absolute atomic E-state index is 12.4. The zero-order valence-electron chi connectivity index (χ0n) is 16.1. The van der Waals surface area contributed by atoms with E-state index in [4.69, 9.17) is 4.74 Å². The molecule has 0 saturated carbocycles. The normalized spacial score (nSPS) is 10.2. The molecule has 0 aliphatic carbocycles. The Kier molecular flexibility index (Phi) is 6.98. The first-order valence-electron chi connectivity index (χ1n) is 9.14. The van der Waals surface area contributed by atoms with Crippen LogP contribution in [0.25, 0.3) is 0 Å². The Labute approximate surface area is 182 Å². The lowest BCUT2D eigenvalue weighted by atomic mass is 10.1. The van der Waals surface area contributed by atoms with Crippen molar-refractivity contribution in [3.8, 4) is 5.75 Å². The average Bonchev–Trinajstić information content (AvgIpc) is 2.73. The molecular formula is C23H19BrN2O4. The first-order valence-corrected chi connectivity index (χ1v) is 9.93. The van der Waals surface area contributed by atoms with Crippen LogP contribution in [0.4, 0.5) is 5.69 Å². The van der Waals surface area contributed by atoms with Crippen molar-refractivity contribution in [1.29, 1.82) is 0 Å². The molecule has 3 aromatic carbocycles. The van der Waals surface area contributed by atoms with E-state index in [9.17, 15) is 14.4 Å². The largest absolute Gasteiger partial charge is 0.427 e. The van der Waals surface area contributed by atoms with E-state index in [-0.39, 0.29) is 11.8 Å². The van der Waals surface area contributed by atoms with E-state index in [0.29, 0.717) is 29.1 Å². The van der Waals surface area contributed by atoms with Crippen LogP contribution < -0.4 is 15.4 Å². The second-order valence-electron chi connectivity index (χ2n) is 6.44. The topological polar surface area (TPSA) is 84.5 Å². The lowest BCUT2D eigenvalue weighted by Gasteiger charge is -2.09. The predicted molar refractivity (Wildman–Crippen MR) is 117 cm³/mol. The highest BCUT2D eigenvalue weighted by atomic mass is 79.9. The molecule has 0 radical (unpaired) electrons. The number of nitrogens with one attached hydrogen (secondary N) is 2. The molecule has 0 bridgehead atoms. The summed E-state index contributed by atoms with van der Waals surface area (Å²) in [7, 11) is 0. The molecule has 0 aliphatic heterocycles. The van der Waals surface area contributed by atoms with E-state index in [1.807, 2.05) is 24.3 Å². The summed E-state index contributed by atoms with van der Waals surface area (Å²) in [4.78, 5) is 35.7. The monoisotopic (exact) mass is 466 g/mol. The van der Waals surface area contributed by atoms with Gasteiger partial charge in [-0.05, 0) is 64.0 Å². The summed E-state index contributed by atoms with van der Waals surface area (Å²) in [5.41, 5.74) is 2.47. The first-order chi connectivity index (χ1) is 14.4. The van der Waals surface area contributed by atoms with Gasteiger partial charge in [0.15, 0.2) is 0 Å². The summed E-state index contributed by atoms with van der Waals surface area (Å²) in [6, 6.07) is 20.8. The van der Waals surface area contributed by atoms with Crippen molar-refractivity contribution >= 4 is 39.4 Å². The molecule has 0 aliphatic rings. The molecule has 152 valence electrons. The van der Waals surface area contributed by atoms with Crippen molar-refractivity contribution in [2.24, 2.45) is 0 Å². The molecule has 0 saturated heterocycles. The maximum atomic E-state index is 12.4. The first kappa shape index (κ1) is 21.3. The Hall–Kier alpha value is -3.45. The van der Waals surface area contributed by atoms with E-state index in [0.717, 1.165) is 10.0 Å². The van der Waals surface area contributed by atoms with Crippen LogP contribution in [-0.2, 0) is 11.3 Å². The Morgan fingerprint density at radius 3 is 2.33 bits per heavy atom. The fourth-order valence-electron chi connectivity index (χ4n) is 2.70. The summed E-state index contributed by atoms with van der Waals surface area (Å²) >= 11 is 3.37. The van der Waals surface area contributed by atoms with Gasteiger partial charge in [-0.15, -0.1) is 0 Å². The molecule has 0 heterocycles. The molecule has 2 amide bonds. The number of hydrogen-bond donors (Lipinski definition) is 2. The van der Waals surface area contributed by atoms with Gasteiger partial charge in [0.05, 0.1) is 5.56 Å². The number of esters is 1. The van der Waals surface area contributed by atoms with Gasteiger partial charge < -0.3 is 15.4 Å². The van der Waals surface area contributed by atoms with Crippen molar-refractivity contribution in [3.63, 3.8) is 0 Å². The fourth-order valence-corrected chi connectivity index (χ4v) is 3.17. The number of anilines is 1. The molecule has 0 unspecified atom stereocenters. The van der Waals surface area contributed by atoms with Crippen LogP contribution >= 0.6 is 15.9 Å². The summed E-state index contributed by atoms with van der Waals surface area (Å²) in [5, 5.41) is 5.66. The van der Waals surface area contributed by atoms with E-state index < -0.39 is 5.97 Å². The minimum Gasteiger partial charge on any atom is -0.427 e. The smallest absolute Gasteiger partial charge is 0.308 e. The van der Waals surface area contributed by atoms with Crippen molar-refractivity contribution in [1.82, 2.24) is 5.32 Å². The number of benzene rings is 3. The van der Waals surface area contributed by atoms with Gasteiger partial charge in [-0.25, -0.2) is 0 Å². The number of carbonyl (C=O) groups is 3. The average molecular weight is 467 g/mol. The highest BCUT2D eigenvalue weighted by Gasteiger charge is 2.10. The molecule has 7 heteroatoms. The van der Waals surface area contributed by atoms with Crippen molar-refractivity contribution in [2.75, 3.05) is 5.32 Å². The highest BCUT2D eigenvalue weighted by Crippen LogP contribution is 2.18. The van der Waals surface area contributed by atoms with Gasteiger partial charge in [0, 0.05) is 29.2 Å². The Bertz CT molecular complexity index is 1080. The second kappa shape index (κ2) is 9.84. The molecule has 3 rings (SSSR count). The molecule has 0 atom stereocenters. The lowest BCUT2D eigenvalue weighted by Crippen LogP contribution is -2.22. The number of ether oxygens (including phenoxy) is 1. The summed E-state index contributed by atoms with van der Waals surface area (Å²) in [6.45, 7) is 1.62. The SMILES string of the molecule is CC(=O)Oc1cccc(C(=O)NCc2ccc(NC(=O)c3ccccc3Br)cc2)c1. The van der Waals surface area contributed by atoms with E-state index in [1.165, 1.54) is 13.0 Å². The molecule has 0 fully saturated rings. The standard InChI is InChI=1S/C23H19BrN2O4/c1-15(27)30-19-6-4-5-17(13-19)22(28)25-14-16-9-11-18(12-10-16)26-23(29)20-7-2-3-8-21(20)24/h2-13H,14H2,1H3,(H,25,28)(H,26,29). The molecular weight excluding hydrogens is 448 g/mol. The van der Waals surface area contributed by atoms with Gasteiger partial charge in [0.2, 0.25) is 0 Å². The molecule has 2 N–H and O–H groups in total. The Morgan fingerprint density at radius 1 is 0.900 bits per heavy atom. The minimum atomic E-state index is -0.445. The van der Waals surface area contributed by atoms with Crippen LogP contribution in [0.1, 0.15) is 33.2 Å². The van der Waals surface area contributed by atoms with Crippen LogP contribution in [0.2, 0.25) is 0 Å². The third-order valence-electron chi connectivity index (χ3n) is 4.14. The minimum absolute atomic E-state index is 0.212. The molecule has 0 spiro atoms. The van der Waals surface area contributed by atoms with E-state index in [1.54, 1.807) is 42.5 Å². The number of carbonyl (C=O) groups excluding carboxylic acids is 3. The van der Waals surface area contributed by atoms with E-state index in [2.05, 4.69) is 26.6 Å². The lowest BCUT2D eigenvalue weighted by molar-refractivity contribution is -0.131. The molecule has 0 aromatic heterocycles. The zero-order chi connectivity index (χ0) is 21.5. The van der Waals surface area contributed by atoms with Crippen LogP contribution in [0.15, 0.2) is 77.3 Å². The van der Waals surface area contributed by atoms with Crippen LogP contribution in [0, 0.1) is 0 Å². The molecule has 3 aromatic rings. The van der Waals surface area contributed by atoms with Gasteiger partial charge in [-0.1, -0.05) is 30.3 Å². The fraction of sp³-hybridized carbons (Fsp3) is 0.0870. The quantitative estimate of drug-likeness (QED) is 0.412. The summed E-state index contributed by atoms with van der Waals surface area (Å²) in [6.07, 6.45) is 0.